The molecule has 3 aromatic carbocycles. The summed E-state index contributed by atoms with van der Waals surface area (Å²) in [6.45, 7) is 4.78. The Labute approximate surface area is 351 Å². The minimum absolute atomic E-state index is 0.000892. The maximum Gasteiger partial charge on any atom is 0.326 e. The number of unbranched alkanes of at least 4 members (excludes halogenated alkanes) is 1. The van der Waals surface area contributed by atoms with Crippen molar-refractivity contribution in [2.75, 3.05) is 13.1 Å². The average Bonchev–Trinajstić information content (AvgIpc) is 3.20. The first-order valence-corrected chi connectivity index (χ1v) is 20.2. The first kappa shape index (κ1) is 48.2. The minimum Gasteiger partial charge on any atom is -0.508 e. The van der Waals surface area contributed by atoms with Crippen LogP contribution in [0.5, 0.6) is 11.5 Å². The van der Waals surface area contributed by atoms with Crippen LogP contribution in [-0.2, 0) is 43.2 Å². The molecule has 14 N–H and O–H groups in total. The number of nitrogens with one attached hydrogen (secondary N) is 5. The zero-order valence-corrected chi connectivity index (χ0v) is 34.3. The number of hydrogen-bond acceptors (Lipinski definition) is 10. The maximum absolute atomic E-state index is 14.2. The van der Waals surface area contributed by atoms with Gasteiger partial charge in [-0.25, -0.2) is 4.79 Å². The van der Waals surface area contributed by atoms with E-state index in [2.05, 4.69) is 31.6 Å². The lowest BCUT2D eigenvalue weighted by molar-refractivity contribution is -0.142. The fourth-order valence-corrected chi connectivity index (χ4v) is 6.27. The average molecular weight is 832 g/mol. The van der Waals surface area contributed by atoms with Gasteiger partial charge in [0, 0.05) is 19.0 Å². The van der Waals surface area contributed by atoms with E-state index in [1.54, 1.807) is 24.3 Å². The van der Waals surface area contributed by atoms with Crippen LogP contribution in [0, 0.1) is 0 Å². The SMILES string of the molecule is CC(C)NCCCC[C@H](NC(=O)[C@H](Cc1ccc(O)cc1)NC(=O)[C@@H](N)Cc1ccccc1)C(=O)N[C@H](CCCN=C(N)N)C(=O)N[C@@H](CCc1ccc(O)cc1)C(=O)O. The number of nitrogens with two attached hydrogens (primary N) is 3. The summed E-state index contributed by atoms with van der Waals surface area (Å²) in [6, 6.07) is 15.9. The van der Waals surface area contributed by atoms with Gasteiger partial charge in [-0.2, -0.15) is 0 Å². The van der Waals surface area contributed by atoms with Crippen LogP contribution in [-0.4, -0.2) is 100 Å². The van der Waals surface area contributed by atoms with Gasteiger partial charge in [0.05, 0.1) is 6.04 Å². The predicted octanol–water partition coefficient (Wildman–Crippen LogP) is 1.09. The molecule has 0 radical (unpaired) electrons. The molecule has 0 unspecified atom stereocenters. The lowest BCUT2D eigenvalue weighted by atomic mass is 10.0. The van der Waals surface area contributed by atoms with Gasteiger partial charge in [0.2, 0.25) is 23.6 Å². The molecule has 0 saturated carbocycles. The van der Waals surface area contributed by atoms with Gasteiger partial charge in [-0.05, 0) is 98.9 Å². The number of amides is 4. The smallest absolute Gasteiger partial charge is 0.326 e. The predicted molar refractivity (Wildman–Crippen MR) is 229 cm³/mol. The van der Waals surface area contributed by atoms with E-state index in [9.17, 15) is 39.3 Å². The van der Waals surface area contributed by atoms with Crippen LogP contribution in [0.2, 0.25) is 0 Å². The van der Waals surface area contributed by atoms with Crippen molar-refractivity contribution in [3.8, 4) is 11.5 Å². The van der Waals surface area contributed by atoms with E-state index in [0.717, 1.165) is 11.1 Å². The third kappa shape index (κ3) is 18.2. The number of guanidine groups is 1. The van der Waals surface area contributed by atoms with Gasteiger partial charge in [0.25, 0.3) is 0 Å². The molecule has 17 nitrogen and oxygen atoms in total. The summed E-state index contributed by atoms with van der Waals surface area (Å²) in [4.78, 5) is 71.7. The zero-order valence-electron chi connectivity index (χ0n) is 34.3. The van der Waals surface area contributed by atoms with Crippen molar-refractivity contribution in [3.63, 3.8) is 0 Å². The number of benzene rings is 3. The molecule has 0 aliphatic carbocycles. The zero-order chi connectivity index (χ0) is 44.0. The molecule has 17 heteroatoms. The number of phenols is 2. The van der Waals surface area contributed by atoms with Gasteiger partial charge in [-0.15, -0.1) is 0 Å². The molecule has 5 atom stereocenters. The summed E-state index contributed by atoms with van der Waals surface area (Å²) >= 11 is 0. The lowest BCUT2D eigenvalue weighted by Crippen LogP contribution is -2.59. The third-order valence-electron chi connectivity index (χ3n) is 9.60. The molecule has 0 aliphatic heterocycles. The molecule has 0 spiro atoms. The molecule has 3 rings (SSSR count). The number of aromatic hydroxyl groups is 2. The van der Waals surface area contributed by atoms with Gasteiger partial charge >= 0.3 is 5.97 Å². The van der Waals surface area contributed by atoms with Crippen LogP contribution in [0.1, 0.15) is 69.1 Å². The quantitative estimate of drug-likeness (QED) is 0.0308. The van der Waals surface area contributed by atoms with Gasteiger partial charge in [0.15, 0.2) is 5.96 Å². The number of carboxylic acids is 1. The Morgan fingerprint density at radius 2 is 1.10 bits per heavy atom. The highest BCUT2D eigenvalue weighted by atomic mass is 16.4. The summed E-state index contributed by atoms with van der Waals surface area (Å²) in [6.07, 6.45) is 2.08. The molecular weight excluding hydrogens is 771 g/mol. The fourth-order valence-electron chi connectivity index (χ4n) is 6.27. The number of hydrogen-bond donors (Lipinski definition) is 11. The van der Waals surface area contributed by atoms with Crippen LogP contribution in [0.3, 0.4) is 0 Å². The molecule has 0 aromatic heterocycles. The van der Waals surface area contributed by atoms with Crippen LogP contribution in [0.15, 0.2) is 83.9 Å². The van der Waals surface area contributed by atoms with E-state index in [1.807, 2.05) is 44.2 Å². The highest BCUT2D eigenvalue weighted by molar-refractivity contribution is 5.95. The summed E-state index contributed by atoms with van der Waals surface area (Å²) in [5.41, 5.74) is 19.4. The molecular formula is C43H61N9O8. The van der Waals surface area contributed by atoms with Crippen molar-refractivity contribution >= 4 is 35.6 Å². The van der Waals surface area contributed by atoms with Gasteiger partial charge in [-0.3, -0.25) is 24.2 Å². The highest BCUT2D eigenvalue weighted by Crippen LogP contribution is 2.15. The van der Waals surface area contributed by atoms with Crippen molar-refractivity contribution in [2.24, 2.45) is 22.2 Å². The first-order chi connectivity index (χ1) is 28.6. The Kier molecular flexibility index (Phi) is 20.3. The number of carbonyl (C=O) groups excluding carboxylic acids is 4. The molecule has 0 aliphatic rings. The molecule has 0 saturated heterocycles. The normalized spacial score (nSPS) is 13.5. The van der Waals surface area contributed by atoms with E-state index in [0.29, 0.717) is 24.9 Å². The van der Waals surface area contributed by atoms with E-state index in [4.69, 9.17) is 17.2 Å². The maximum atomic E-state index is 14.2. The Balaban J connectivity index is 1.85. The van der Waals surface area contributed by atoms with Crippen LogP contribution >= 0.6 is 0 Å². The Morgan fingerprint density at radius 3 is 1.65 bits per heavy atom. The van der Waals surface area contributed by atoms with Crippen molar-refractivity contribution < 1.29 is 39.3 Å². The second-order valence-electron chi connectivity index (χ2n) is 15.0. The van der Waals surface area contributed by atoms with E-state index >= 15 is 0 Å². The number of carboxylic acid groups (broad SMARTS) is 1. The van der Waals surface area contributed by atoms with Crippen LogP contribution in [0.4, 0.5) is 0 Å². The largest absolute Gasteiger partial charge is 0.508 e. The van der Waals surface area contributed by atoms with Gasteiger partial charge in [0.1, 0.15) is 35.7 Å². The monoisotopic (exact) mass is 831 g/mol. The van der Waals surface area contributed by atoms with E-state index in [-0.39, 0.29) is 75.0 Å². The van der Waals surface area contributed by atoms with Crippen molar-refractivity contribution in [1.82, 2.24) is 26.6 Å². The Morgan fingerprint density at radius 1 is 0.600 bits per heavy atom. The number of rotatable bonds is 26. The van der Waals surface area contributed by atoms with Crippen LogP contribution in [0.25, 0.3) is 0 Å². The van der Waals surface area contributed by atoms with Crippen molar-refractivity contribution in [1.29, 1.82) is 0 Å². The third-order valence-corrected chi connectivity index (χ3v) is 9.60. The Hall–Kier alpha value is -6.20. The first-order valence-electron chi connectivity index (χ1n) is 20.2. The topological polar surface area (TPSA) is 297 Å². The molecule has 4 amide bonds. The summed E-state index contributed by atoms with van der Waals surface area (Å²) < 4.78 is 0. The number of phenolic OH excluding ortho intramolecular Hbond substituents is 2. The Bertz CT molecular complexity index is 1840. The standard InChI is InChI=1S/C43H61N9O8/c1-27(2)47-23-7-6-11-34(50-41(58)37(26-30-15-20-32(54)21-16-30)52-38(55)33(44)25-29-9-4-3-5-10-29)39(56)49-35(12-8-24-48-43(45)46)40(57)51-36(42(59)60)22-17-28-13-18-31(53)19-14-28/h3-5,9-10,13-16,18-21,27,33-37,47,53-54H,6-8,11-12,17,22-26,44H2,1-2H3,(H,49,56)(H,50,58)(H,51,57)(H,52,55)(H,59,60)(H4,45,46,48)/t33-,34-,35+,36-,37-/m0/s1. The lowest BCUT2D eigenvalue weighted by Gasteiger charge is -2.27. The molecule has 3 aromatic rings. The number of aryl methyl sites for hydroxylation is 1. The summed E-state index contributed by atoms with van der Waals surface area (Å²) in [5.74, 6) is -4.10. The molecule has 60 heavy (non-hydrogen) atoms. The van der Waals surface area contributed by atoms with E-state index < -0.39 is 59.8 Å². The van der Waals surface area contributed by atoms with E-state index in [1.165, 1.54) is 24.3 Å². The summed E-state index contributed by atoms with van der Waals surface area (Å²) in [7, 11) is 0. The van der Waals surface area contributed by atoms with Crippen molar-refractivity contribution in [2.45, 2.75) is 108 Å². The number of aliphatic imine (C=N–C) groups is 1. The summed E-state index contributed by atoms with van der Waals surface area (Å²) in [5, 5.41) is 43.6. The number of carbonyl (C=O) groups is 5. The second-order valence-corrected chi connectivity index (χ2v) is 15.0. The number of nitrogens with zero attached hydrogens (tertiary/aromatic N) is 1. The molecule has 0 heterocycles. The molecule has 0 fully saturated rings. The number of aliphatic carboxylic acids is 1. The fraction of sp³-hybridized carbons (Fsp3) is 0.442. The molecule has 0 bridgehead atoms. The van der Waals surface area contributed by atoms with Crippen LogP contribution < -0.4 is 43.8 Å². The highest BCUT2D eigenvalue weighted by Gasteiger charge is 2.32. The van der Waals surface area contributed by atoms with Crippen molar-refractivity contribution in [3.05, 3.63) is 95.6 Å². The minimum atomic E-state index is -1.31. The van der Waals surface area contributed by atoms with Gasteiger partial charge < -0.3 is 59.1 Å². The second kappa shape index (κ2) is 25.3. The molecule has 326 valence electrons. The van der Waals surface area contributed by atoms with Gasteiger partial charge in [-0.1, -0.05) is 68.4 Å².